The Morgan fingerprint density at radius 3 is 2.44 bits per heavy atom. The standard InChI is InChI=1S/C19H23N3O3/c1-13(14-4-7-20-8-5-14)21-19(23)22-9-6-15-10-17(24-2)18(25-3)11-16(15)12-22/h4-5,7-8,10-11,13H,6,9,12H2,1-3H3,(H,21,23)/t13-/m1/s1. The zero-order valence-corrected chi connectivity index (χ0v) is 14.8. The van der Waals surface area contributed by atoms with Gasteiger partial charge in [-0.05, 0) is 54.3 Å². The molecule has 1 aromatic carbocycles. The molecule has 0 fully saturated rings. The fourth-order valence-corrected chi connectivity index (χ4v) is 3.07. The van der Waals surface area contributed by atoms with Crippen LogP contribution < -0.4 is 14.8 Å². The van der Waals surface area contributed by atoms with Crippen molar-refractivity contribution in [3.05, 3.63) is 53.3 Å². The summed E-state index contributed by atoms with van der Waals surface area (Å²) in [5.74, 6) is 1.42. The van der Waals surface area contributed by atoms with Crippen molar-refractivity contribution in [1.82, 2.24) is 15.2 Å². The zero-order chi connectivity index (χ0) is 17.8. The molecule has 2 heterocycles. The minimum atomic E-state index is -0.0673. The normalized spacial score (nSPS) is 14.4. The number of methoxy groups -OCH3 is 2. The third kappa shape index (κ3) is 3.68. The first-order valence-electron chi connectivity index (χ1n) is 8.31. The molecule has 1 aliphatic rings. The zero-order valence-electron chi connectivity index (χ0n) is 14.8. The third-order valence-electron chi connectivity index (χ3n) is 4.55. The van der Waals surface area contributed by atoms with Crippen LogP contribution in [0, 0.1) is 0 Å². The van der Waals surface area contributed by atoms with Crippen LogP contribution in [0.4, 0.5) is 4.79 Å². The van der Waals surface area contributed by atoms with Crippen LogP contribution in [0.3, 0.4) is 0 Å². The molecule has 132 valence electrons. The van der Waals surface area contributed by atoms with E-state index in [1.807, 2.05) is 36.1 Å². The Morgan fingerprint density at radius 1 is 1.16 bits per heavy atom. The Labute approximate surface area is 147 Å². The molecule has 1 aliphatic heterocycles. The van der Waals surface area contributed by atoms with Crippen LogP contribution in [0.1, 0.15) is 29.7 Å². The highest BCUT2D eigenvalue weighted by molar-refractivity contribution is 5.75. The second-order valence-electron chi connectivity index (χ2n) is 6.10. The highest BCUT2D eigenvalue weighted by Crippen LogP contribution is 2.33. The van der Waals surface area contributed by atoms with Gasteiger partial charge in [0, 0.05) is 25.5 Å². The fourth-order valence-electron chi connectivity index (χ4n) is 3.07. The summed E-state index contributed by atoms with van der Waals surface area (Å²) < 4.78 is 10.7. The van der Waals surface area contributed by atoms with E-state index < -0.39 is 0 Å². The number of ether oxygens (including phenoxy) is 2. The molecule has 0 spiro atoms. The van der Waals surface area contributed by atoms with E-state index in [9.17, 15) is 4.79 Å². The van der Waals surface area contributed by atoms with Crippen LogP contribution in [0.15, 0.2) is 36.7 Å². The number of rotatable bonds is 4. The van der Waals surface area contributed by atoms with Gasteiger partial charge in [-0.3, -0.25) is 4.98 Å². The highest BCUT2D eigenvalue weighted by Gasteiger charge is 2.23. The number of nitrogens with zero attached hydrogens (tertiary/aromatic N) is 2. The molecule has 1 aromatic heterocycles. The summed E-state index contributed by atoms with van der Waals surface area (Å²) in [6, 6.07) is 7.65. The summed E-state index contributed by atoms with van der Waals surface area (Å²) in [5.41, 5.74) is 3.33. The molecule has 2 aromatic rings. The molecule has 1 atom stereocenters. The van der Waals surface area contributed by atoms with Crippen molar-refractivity contribution in [3.8, 4) is 11.5 Å². The summed E-state index contributed by atoms with van der Waals surface area (Å²) in [6.07, 6.45) is 4.26. The van der Waals surface area contributed by atoms with E-state index in [0.29, 0.717) is 18.8 Å². The number of hydrogen-bond donors (Lipinski definition) is 1. The SMILES string of the molecule is COc1cc2c(cc1OC)CN(C(=O)N[C@H](C)c1ccncc1)CC2. The van der Waals surface area contributed by atoms with E-state index in [2.05, 4.69) is 10.3 Å². The monoisotopic (exact) mass is 341 g/mol. The Balaban J connectivity index is 1.70. The lowest BCUT2D eigenvalue weighted by molar-refractivity contribution is 0.189. The molecule has 0 saturated heterocycles. The van der Waals surface area contributed by atoms with E-state index in [1.165, 1.54) is 5.56 Å². The first-order valence-corrected chi connectivity index (χ1v) is 8.31. The number of nitrogens with one attached hydrogen (secondary N) is 1. The van der Waals surface area contributed by atoms with Gasteiger partial charge >= 0.3 is 6.03 Å². The topological polar surface area (TPSA) is 63.7 Å². The number of amides is 2. The second-order valence-corrected chi connectivity index (χ2v) is 6.10. The maximum absolute atomic E-state index is 12.6. The van der Waals surface area contributed by atoms with E-state index in [4.69, 9.17) is 9.47 Å². The summed E-state index contributed by atoms with van der Waals surface area (Å²) in [5, 5.41) is 3.05. The molecular formula is C19H23N3O3. The molecule has 0 aliphatic carbocycles. The molecule has 6 nitrogen and oxygen atoms in total. The van der Waals surface area contributed by atoms with Gasteiger partial charge in [-0.1, -0.05) is 0 Å². The molecular weight excluding hydrogens is 318 g/mol. The average molecular weight is 341 g/mol. The van der Waals surface area contributed by atoms with Gasteiger partial charge in [-0.2, -0.15) is 0 Å². The van der Waals surface area contributed by atoms with Crippen molar-refractivity contribution in [3.63, 3.8) is 0 Å². The third-order valence-corrected chi connectivity index (χ3v) is 4.55. The van der Waals surface area contributed by atoms with Crippen molar-refractivity contribution in [2.45, 2.75) is 25.9 Å². The number of benzene rings is 1. The lowest BCUT2D eigenvalue weighted by atomic mass is 9.99. The summed E-state index contributed by atoms with van der Waals surface area (Å²) in [6.45, 7) is 3.21. The van der Waals surface area contributed by atoms with Crippen LogP contribution in [-0.4, -0.2) is 36.7 Å². The number of pyridine rings is 1. The number of hydrogen-bond acceptors (Lipinski definition) is 4. The van der Waals surface area contributed by atoms with Gasteiger partial charge < -0.3 is 19.7 Å². The predicted molar refractivity (Wildman–Crippen MR) is 94.8 cm³/mol. The quantitative estimate of drug-likeness (QED) is 0.929. The van der Waals surface area contributed by atoms with Crippen molar-refractivity contribution in [2.75, 3.05) is 20.8 Å². The number of carbonyl (C=O) groups is 1. The molecule has 3 rings (SSSR count). The first kappa shape index (κ1) is 17.1. The van der Waals surface area contributed by atoms with E-state index in [0.717, 1.165) is 23.3 Å². The average Bonchev–Trinajstić information content (AvgIpc) is 2.66. The van der Waals surface area contributed by atoms with Crippen molar-refractivity contribution in [1.29, 1.82) is 0 Å². The van der Waals surface area contributed by atoms with Gasteiger partial charge in [0.05, 0.1) is 20.3 Å². The van der Waals surface area contributed by atoms with Gasteiger partial charge in [0.1, 0.15) is 0 Å². The van der Waals surface area contributed by atoms with Crippen molar-refractivity contribution < 1.29 is 14.3 Å². The van der Waals surface area contributed by atoms with Gasteiger partial charge in [-0.15, -0.1) is 0 Å². The highest BCUT2D eigenvalue weighted by atomic mass is 16.5. The Bertz CT molecular complexity index is 749. The Morgan fingerprint density at radius 2 is 1.80 bits per heavy atom. The maximum atomic E-state index is 12.6. The van der Waals surface area contributed by atoms with Gasteiger partial charge in [-0.25, -0.2) is 4.79 Å². The van der Waals surface area contributed by atoms with Gasteiger partial charge in [0.2, 0.25) is 0 Å². The van der Waals surface area contributed by atoms with Crippen molar-refractivity contribution >= 4 is 6.03 Å². The lowest BCUT2D eigenvalue weighted by Crippen LogP contribution is -2.43. The van der Waals surface area contributed by atoms with Gasteiger partial charge in [0.25, 0.3) is 0 Å². The molecule has 1 N–H and O–H groups in total. The van der Waals surface area contributed by atoms with Crippen LogP contribution >= 0.6 is 0 Å². The van der Waals surface area contributed by atoms with Crippen LogP contribution in [0.5, 0.6) is 11.5 Å². The number of urea groups is 1. The minimum absolute atomic E-state index is 0.0650. The van der Waals surface area contributed by atoms with Crippen LogP contribution in [-0.2, 0) is 13.0 Å². The summed E-state index contributed by atoms with van der Waals surface area (Å²) in [7, 11) is 3.25. The molecule has 0 bridgehead atoms. The summed E-state index contributed by atoms with van der Waals surface area (Å²) >= 11 is 0. The molecule has 6 heteroatoms. The van der Waals surface area contributed by atoms with E-state index in [-0.39, 0.29) is 12.1 Å². The summed E-state index contributed by atoms with van der Waals surface area (Å²) in [4.78, 5) is 18.4. The number of fused-ring (bicyclic) bond motifs is 1. The minimum Gasteiger partial charge on any atom is -0.493 e. The molecule has 0 unspecified atom stereocenters. The van der Waals surface area contributed by atoms with E-state index in [1.54, 1.807) is 26.6 Å². The maximum Gasteiger partial charge on any atom is 0.318 e. The Hall–Kier alpha value is -2.76. The Kier molecular flexibility index (Phi) is 5.07. The number of carbonyl (C=O) groups excluding carboxylic acids is 1. The second kappa shape index (κ2) is 7.42. The smallest absolute Gasteiger partial charge is 0.318 e. The molecule has 25 heavy (non-hydrogen) atoms. The number of aromatic nitrogens is 1. The molecule has 0 radical (unpaired) electrons. The van der Waals surface area contributed by atoms with Gasteiger partial charge in [0.15, 0.2) is 11.5 Å². The predicted octanol–water partition coefficient (Wildman–Crippen LogP) is 2.93. The fraction of sp³-hybridized carbons (Fsp3) is 0.368. The molecule has 2 amide bonds. The first-order chi connectivity index (χ1) is 12.1. The molecule has 0 saturated carbocycles. The largest absolute Gasteiger partial charge is 0.493 e. The lowest BCUT2D eigenvalue weighted by Gasteiger charge is -2.30. The van der Waals surface area contributed by atoms with Crippen molar-refractivity contribution in [2.24, 2.45) is 0 Å². The van der Waals surface area contributed by atoms with E-state index >= 15 is 0 Å². The van der Waals surface area contributed by atoms with Crippen LogP contribution in [0.25, 0.3) is 0 Å². The van der Waals surface area contributed by atoms with Crippen LogP contribution in [0.2, 0.25) is 0 Å².